The molecule has 18 heteroatoms. The van der Waals surface area contributed by atoms with Gasteiger partial charge in [-0.25, -0.2) is 27.5 Å². The van der Waals surface area contributed by atoms with Crippen molar-refractivity contribution < 1.29 is 35.2 Å². The summed E-state index contributed by atoms with van der Waals surface area (Å²) < 4.78 is 79.9. The Bertz CT molecular complexity index is 6420. The van der Waals surface area contributed by atoms with Crippen LogP contribution in [0.5, 0.6) is 0 Å². The molecule has 0 amide bonds. The molecule has 0 unspecified atom stereocenters. The van der Waals surface area contributed by atoms with E-state index in [0.717, 1.165) is 150 Å². The van der Waals surface area contributed by atoms with Crippen LogP contribution in [0, 0.1) is 51.0 Å². The van der Waals surface area contributed by atoms with Crippen molar-refractivity contribution in [3.05, 3.63) is 282 Å². The van der Waals surface area contributed by atoms with E-state index in [4.69, 9.17) is 22.7 Å². The standard InChI is InChI=1S/C27H21FN2O.C24H23FN2O.C23H22FN3O.C21H18FN3O/c1-17-12-14-22-21-15-13-19(28)16-25(21)31-27(22)26(17)30-18(2)29(20-8-4-3-5-9-20)23-10-6-7-11-24(23)30;1-14(2)26-16(4)27(21-8-6-5-7-20(21)26)23-15(3)9-11-19-18-12-10-17(25)13-22(18)28-24(19)23;1-13(2)26-15(4)27(23-19(26)6-5-11-25-23)21-14(3)7-9-18-17-10-8-16(24)12-20(17)28-22(18)21;1-12-6-8-16-15-9-7-14(22)11-18(15)26-20(16)19(12)25-13(2)24(3)17-5-4-10-23-21(17)25/h3-16,18H,1-2H3;5-14,16H,1-4H3;5-13,15H,1-4H3;4-11,13H,1-3H3/t18-;16-;15-;13-/m0000/s1. The largest absolute Gasteiger partial charge is 0.454 e. The third kappa shape index (κ3) is 11.6. The highest BCUT2D eigenvalue weighted by Crippen LogP contribution is 2.55. The zero-order valence-electron chi connectivity index (χ0n) is 65.1. The van der Waals surface area contributed by atoms with Gasteiger partial charge < -0.3 is 56.9 Å². The quantitative estimate of drug-likeness (QED) is 0.141. The third-order valence-corrected chi connectivity index (χ3v) is 22.9. The van der Waals surface area contributed by atoms with Crippen LogP contribution < -0.4 is 39.2 Å². The summed E-state index contributed by atoms with van der Waals surface area (Å²) in [5.41, 5.74) is 21.9. The average Bonchev–Trinajstić information content (AvgIpc) is 1.59. The van der Waals surface area contributed by atoms with E-state index in [9.17, 15) is 17.6 Å². The van der Waals surface area contributed by atoms with Gasteiger partial charge in [0.25, 0.3) is 0 Å². The van der Waals surface area contributed by atoms with Crippen LogP contribution >= 0.6 is 0 Å². The predicted octanol–water partition coefficient (Wildman–Crippen LogP) is 25.9. The van der Waals surface area contributed by atoms with E-state index < -0.39 is 0 Å². The molecule has 4 atom stereocenters. The fourth-order valence-electron chi connectivity index (χ4n) is 17.8. The molecule has 17 aromatic rings. The van der Waals surface area contributed by atoms with Crippen molar-refractivity contribution in [1.82, 2.24) is 9.97 Å². The second-order valence-corrected chi connectivity index (χ2v) is 30.4. The van der Waals surface area contributed by atoms with E-state index in [1.807, 2.05) is 30.5 Å². The molecule has 0 saturated heterocycles. The van der Waals surface area contributed by atoms with Gasteiger partial charge in [0.05, 0.1) is 56.9 Å². The summed E-state index contributed by atoms with van der Waals surface area (Å²) in [7, 11) is 2.06. The van der Waals surface area contributed by atoms with Crippen molar-refractivity contribution in [2.45, 2.75) is 120 Å². The van der Waals surface area contributed by atoms with Gasteiger partial charge in [-0.2, -0.15) is 0 Å². The van der Waals surface area contributed by atoms with Crippen LogP contribution in [0.15, 0.2) is 255 Å². The molecular weight excluding hydrogens is 1420 g/mol. The number of aryl methyl sites for hydroxylation is 4. The number of pyridine rings is 2. The number of rotatable bonds is 7. The third-order valence-electron chi connectivity index (χ3n) is 22.9. The van der Waals surface area contributed by atoms with Crippen LogP contribution in [0.25, 0.3) is 87.8 Å². The number of para-hydroxylation sites is 5. The molecule has 566 valence electrons. The summed E-state index contributed by atoms with van der Waals surface area (Å²) in [6, 6.07) is 71.8. The molecular formula is C95H84F4N10O4. The van der Waals surface area contributed by atoms with Crippen molar-refractivity contribution in [2.24, 2.45) is 0 Å². The zero-order valence-corrected chi connectivity index (χ0v) is 65.1. The molecule has 4 aliphatic rings. The van der Waals surface area contributed by atoms with E-state index in [1.165, 1.54) is 59.9 Å². The van der Waals surface area contributed by atoms with Crippen LogP contribution in [0.2, 0.25) is 0 Å². The zero-order chi connectivity index (χ0) is 78.3. The number of hydrogen-bond acceptors (Lipinski definition) is 14. The van der Waals surface area contributed by atoms with Gasteiger partial charge in [0.1, 0.15) is 70.3 Å². The van der Waals surface area contributed by atoms with Gasteiger partial charge in [0.15, 0.2) is 34.0 Å². The first-order chi connectivity index (χ1) is 54.6. The number of benzene rings is 11. The van der Waals surface area contributed by atoms with E-state index >= 15 is 0 Å². The number of anilines is 13. The van der Waals surface area contributed by atoms with E-state index in [1.54, 1.807) is 30.5 Å². The summed E-state index contributed by atoms with van der Waals surface area (Å²) in [4.78, 5) is 27.8. The van der Waals surface area contributed by atoms with Crippen LogP contribution in [0.3, 0.4) is 0 Å². The minimum absolute atomic E-state index is 0.0362. The number of nitrogens with zero attached hydrogens (tertiary/aromatic N) is 10. The minimum Gasteiger partial charge on any atom is -0.454 e. The monoisotopic (exact) mass is 1500 g/mol. The number of fused-ring (bicyclic) bond motifs is 16. The van der Waals surface area contributed by atoms with E-state index in [2.05, 4.69) is 262 Å². The first-order valence-corrected chi connectivity index (χ1v) is 38.5. The molecule has 4 aliphatic heterocycles. The highest BCUT2D eigenvalue weighted by Gasteiger charge is 2.42. The summed E-state index contributed by atoms with van der Waals surface area (Å²) in [5.74, 6) is 0.666. The van der Waals surface area contributed by atoms with Crippen LogP contribution in [0.1, 0.15) is 77.6 Å². The summed E-state index contributed by atoms with van der Waals surface area (Å²) in [5, 5.41) is 7.71. The molecule has 0 spiro atoms. The normalized spacial score (nSPS) is 16.4. The molecule has 0 aliphatic carbocycles. The van der Waals surface area contributed by atoms with Gasteiger partial charge in [0, 0.05) is 105 Å². The number of hydrogen-bond donors (Lipinski definition) is 0. The Kier molecular flexibility index (Phi) is 17.6. The fraction of sp³-hybridized carbons (Fsp3) is 0.200. The molecule has 11 aromatic carbocycles. The number of halogens is 4. The van der Waals surface area contributed by atoms with Crippen molar-refractivity contribution in [3.63, 3.8) is 0 Å². The van der Waals surface area contributed by atoms with Gasteiger partial charge in [-0.05, 0) is 215 Å². The van der Waals surface area contributed by atoms with Gasteiger partial charge in [-0.3, -0.25) is 0 Å². The summed E-state index contributed by atoms with van der Waals surface area (Å²) >= 11 is 0. The first kappa shape index (κ1) is 71.6. The lowest BCUT2D eigenvalue weighted by Crippen LogP contribution is -2.42. The Balaban J connectivity index is 0.000000105. The molecule has 6 aromatic heterocycles. The van der Waals surface area contributed by atoms with E-state index in [-0.39, 0.29) is 47.9 Å². The Morgan fingerprint density at radius 3 is 1.01 bits per heavy atom. The highest BCUT2D eigenvalue weighted by atomic mass is 19.1. The van der Waals surface area contributed by atoms with Crippen LogP contribution in [0.4, 0.5) is 91.8 Å². The maximum Gasteiger partial charge on any atom is 0.159 e. The van der Waals surface area contributed by atoms with Crippen molar-refractivity contribution in [1.29, 1.82) is 0 Å². The first-order valence-electron chi connectivity index (χ1n) is 38.5. The van der Waals surface area contributed by atoms with Crippen LogP contribution in [-0.4, -0.2) is 53.8 Å². The minimum atomic E-state index is -0.295. The molecule has 113 heavy (non-hydrogen) atoms. The molecule has 0 radical (unpaired) electrons. The van der Waals surface area contributed by atoms with Gasteiger partial charge in [0.2, 0.25) is 0 Å². The lowest BCUT2D eigenvalue weighted by molar-refractivity contribution is 0.600. The lowest BCUT2D eigenvalue weighted by Gasteiger charge is -2.33. The Morgan fingerprint density at radius 1 is 0.301 bits per heavy atom. The van der Waals surface area contributed by atoms with E-state index in [0.29, 0.717) is 34.4 Å². The maximum absolute atomic E-state index is 13.9. The number of furan rings is 4. The number of aromatic nitrogens is 2. The molecule has 14 nitrogen and oxygen atoms in total. The average molecular weight is 1510 g/mol. The topological polar surface area (TPSA) is 104 Å². The predicted molar refractivity (Wildman–Crippen MR) is 454 cm³/mol. The molecule has 21 rings (SSSR count). The van der Waals surface area contributed by atoms with Gasteiger partial charge >= 0.3 is 0 Å². The Morgan fingerprint density at radius 2 is 0.602 bits per heavy atom. The molecule has 10 heterocycles. The molecule has 0 fully saturated rings. The van der Waals surface area contributed by atoms with Crippen molar-refractivity contribution >= 4 is 162 Å². The molecule has 0 N–H and O–H groups in total. The maximum atomic E-state index is 13.9. The fourth-order valence-corrected chi connectivity index (χ4v) is 17.8. The Hall–Kier alpha value is -13.0. The van der Waals surface area contributed by atoms with Gasteiger partial charge in [-0.15, -0.1) is 0 Å². The molecule has 0 bridgehead atoms. The SMILES string of the molecule is Cc1ccc2c(oc3cc(F)ccc32)c1N1c2ccccc2N(C(C)C)[C@@H]1C.Cc1ccc2c(oc3cc(F)ccc32)c1N1c2ccccc2N(c2ccccc2)[C@@H]1C.Cc1ccc2c(oc3cc(F)ccc32)c1N1c2ncccc2N(C(C)C)[C@@H]1C.Cc1ccc2c(oc3cc(F)ccc32)c1N1c2ncccc2N(C)[C@@H]1C. The van der Waals surface area contributed by atoms with Crippen molar-refractivity contribution in [3.8, 4) is 0 Å². The summed E-state index contributed by atoms with van der Waals surface area (Å²) in [6.07, 6.45) is 3.99. The second kappa shape index (κ2) is 27.8. The molecule has 0 saturated carbocycles. The van der Waals surface area contributed by atoms with Crippen LogP contribution in [-0.2, 0) is 0 Å². The lowest BCUT2D eigenvalue weighted by atomic mass is 10.1. The van der Waals surface area contributed by atoms with Gasteiger partial charge in [-0.1, -0.05) is 91.0 Å². The Labute approximate surface area is 652 Å². The van der Waals surface area contributed by atoms with Crippen molar-refractivity contribution in [2.75, 3.05) is 46.2 Å². The second-order valence-electron chi connectivity index (χ2n) is 30.4. The summed E-state index contributed by atoms with van der Waals surface area (Å²) in [6.45, 7) is 25.9. The highest BCUT2D eigenvalue weighted by molar-refractivity contribution is 6.15. The smallest absolute Gasteiger partial charge is 0.159 e.